The molecule has 0 N–H and O–H groups in total. The van der Waals surface area contributed by atoms with Crippen molar-refractivity contribution in [3.8, 4) is 0 Å². The summed E-state index contributed by atoms with van der Waals surface area (Å²) in [5.41, 5.74) is 2.55. The number of carbonyl (C=O) groups excluding carboxylic acids is 1. The first-order valence-electron chi connectivity index (χ1n) is 7.92. The highest BCUT2D eigenvalue weighted by molar-refractivity contribution is 5.79. The number of nitrogens with zero attached hydrogens (tertiary/aromatic N) is 2. The summed E-state index contributed by atoms with van der Waals surface area (Å²) in [6.07, 6.45) is 2.00. The molecule has 4 heteroatoms. The standard InChI is InChI=1S/C17H24N2O2/c1-14-4-2-6-16(12-14)18-7-9-19(10-8-18)17(20)15-5-3-11-21-13-15/h2,4,6,12,15H,3,5,7-11,13H2,1H3. The van der Waals surface area contributed by atoms with Gasteiger partial charge in [0.05, 0.1) is 12.5 Å². The van der Waals surface area contributed by atoms with Crippen LogP contribution in [-0.4, -0.2) is 50.2 Å². The van der Waals surface area contributed by atoms with Gasteiger partial charge in [-0.1, -0.05) is 12.1 Å². The van der Waals surface area contributed by atoms with Crippen molar-refractivity contribution in [3.05, 3.63) is 29.8 Å². The number of carbonyl (C=O) groups is 1. The molecule has 2 heterocycles. The van der Waals surface area contributed by atoms with Gasteiger partial charge < -0.3 is 14.5 Å². The van der Waals surface area contributed by atoms with Crippen LogP contribution in [-0.2, 0) is 9.53 Å². The van der Waals surface area contributed by atoms with Crippen LogP contribution in [0.15, 0.2) is 24.3 Å². The van der Waals surface area contributed by atoms with Crippen LogP contribution in [0, 0.1) is 12.8 Å². The second-order valence-electron chi connectivity index (χ2n) is 6.07. The van der Waals surface area contributed by atoms with Gasteiger partial charge in [0.25, 0.3) is 0 Å². The van der Waals surface area contributed by atoms with Crippen molar-refractivity contribution < 1.29 is 9.53 Å². The number of hydrogen-bond donors (Lipinski definition) is 0. The van der Waals surface area contributed by atoms with E-state index in [2.05, 4.69) is 36.1 Å². The van der Waals surface area contributed by atoms with Gasteiger partial charge in [0.15, 0.2) is 0 Å². The molecule has 3 rings (SSSR count). The Morgan fingerprint density at radius 3 is 2.71 bits per heavy atom. The number of benzene rings is 1. The lowest BCUT2D eigenvalue weighted by Crippen LogP contribution is -2.51. The second-order valence-corrected chi connectivity index (χ2v) is 6.07. The van der Waals surface area contributed by atoms with E-state index in [1.54, 1.807) is 0 Å². The Balaban J connectivity index is 1.56. The molecule has 1 amide bonds. The molecule has 2 aliphatic heterocycles. The third-order valence-corrected chi connectivity index (χ3v) is 4.47. The van der Waals surface area contributed by atoms with Crippen molar-refractivity contribution in [2.45, 2.75) is 19.8 Å². The Kier molecular flexibility index (Phi) is 4.44. The summed E-state index contributed by atoms with van der Waals surface area (Å²) in [6, 6.07) is 8.58. The molecule has 4 nitrogen and oxygen atoms in total. The highest BCUT2D eigenvalue weighted by atomic mass is 16.5. The minimum atomic E-state index is 0.0873. The lowest BCUT2D eigenvalue weighted by molar-refractivity contribution is -0.140. The molecular weight excluding hydrogens is 264 g/mol. The lowest BCUT2D eigenvalue weighted by atomic mass is 10.0. The SMILES string of the molecule is Cc1cccc(N2CCN(C(=O)C3CCCOC3)CC2)c1. The Labute approximate surface area is 126 Å². The Hall–Kier alpha value is -1.55. The van der Waals surface area contributed by atoms with E-state index in [0.717, 1.165) is 45.6 Å². The molecule has 0 aliphatic carbocycles. The third kappa shape index (κ3) is 3.38. The summed E-state index contributed by atoms with van der Waals surface area (Å²) in [5.74, 6) is 0.378. The smallest absolute Gasteiger partial charge is 0.228 e. The molecule has 2 saturated heterocycles. The molecule has 0 saturated carbocycles. The van der Waals surface area contributed by atoms with Crippen LogP contribution in [0.25, 0.3) is 0 Å². The molecule has 114 valence electrons. The van der Waals surface area contributed by atoms with Gasteiger partial charge in [0, 0.05) is 38.5 Å². The van der Waals surface area contributed by atoms with Crippen LogP contribution < -0.4 is 4.90 Å². The second kappa shape index (κ2) is 6.48. The average molecular weight is 288 g/mol. The first-order chi connectivity index (χ1) is 10.2. The van der Waals surface area contributed by atoms with Gasteiger partial charge >= 0.3 is 0 Å². The highest BCUT2D eigenvalue weighted by Gasteiger charge is 2.28. The zero-order valence-corrected chi connectivity index (χ0v) is 12.8. The first kappa shape index (κ1) is 14.4. The Bertz CT molecular complexity index is 489. The first-order valence-corrected chi connectivity index (χ1v) is 7.92. The molecule has 0 radical (unpaired) electrons. The monoisotopic (exact) mass is 288 g/mol. The van der Waals surface area contributed by atoms with Gasteiger partial charge in [-0.3, -0.25) is 4.79 Å². The Morgan fingerprint density at radius 1 is 1.24 bits per heavy atom. The number of piperazine rings is 1. The minimum absolute atomic E-state index is 0.0873. The fourth-order valence-electron chi connectivity index (χ4n) is 3.20. The molecule has 0 aromatic heterocycles. The van der Waals surface area contributed by atoms with E-state index in [0.29, 0.717) is 12.5 Å². The number of anilines is 1. The normalized spacial score (nSPS) is 23.2. The van der Waals surface area contributed by atoms with Crippen molar-refractivity contribution in [2.24, 2.45) is 5.92 Å². The van der Waals surface area contributed by atoms with Gasteiger partial charge in [0.1, 0.15) is 0 Å². The molecule has 1 unspecified atom stereocenters. The fourth-order valence-corrected chi connectivity index (χ4v) is 3.20. The molecule has 2 fully saturated rings. The Morgan fingerprint density at radius 2 is 2.05 bits per heavy atom. The average Bonchev–Trinajstić information content (AvgIpc) is 2.55. The van der Waals surface area contributed by atoms with Gasteiger partial charge in [-0.2, -0.15) is 0 Å². The van der Waals surface area contributed by atoms with Gasteiger partial charge in [0.2, 0.25) is 5.91 Å². The summed E-state index contributed by atoms with van der Waals surface area (Å²) < 4.78 is 5.44. The molecule has 2 aliphatic rings. The van der Waals surface area contributed by atoms with E-state index in [1.807, 2.05) is 4.90 Å². The van der Waals surface area contributed by atoms with Crippen molar-refractivity contribution >= 4 is 11.6 Å². The van der Waals surface area contributed by atoms with E-state index in [1.165, 1.54) is 11.3 Å². The summed E-state index contributed by atoms with van der Waals surface area (Å²) in [6.45, 7) is 7.02. The van der Waals surface area contributed by atoms with Crippen LogP contribution in [0.2, 0.25) is 0 Å². The number of hydrogen-bond acceptors (Lipinski definition) is 3. The predicted molar refractivity (Wildman–Crippen MR) is 83.5 cm³/mol. The van der Waals surface area contributed by atoms with Crippen LogP contribution >= 0.6 is 0 Å². The zero-order chi connectivity index (χ0) is 14.7. The van der Waals surface area contributed by atoms with Crippen LogP contribution in [0.3, 0.4) is 0 Å². The summed E-state index contributed by atoms with van der Waals surface area (Å²) in [5, 5.41) is 0. The van der Waals surface area contributed by atoms with Crippen LogP contribution in [0.4, 0.5) is 5.69 Å². The molecule has 0 bridgehead atoms. The zero-order valence-electron chi connectivity index (χ0n) is 12.8. The van der Waals surface area contributed by atoms with Gasteiger partial charge in [-0.05, 0) is 37.5 Å². The molecular formula is C17H24N2O2. The van der Waals surface area contributed by atoms with E-state index < -0.39 is 0 Å². The van der Waals surface area contributed by atoms with Gasteiger partial charge in [-0.15, -0.1) is 0 Å². The molecule has 21 heavy (non-hydrogen) atoms. The van der Waals surface area contributed by atoms with E-state index in [-0.39, 0.29) is 5.92 Å². The quantitative estimate of drug-likeness (QED) is 0.835. The largest absolute Gasteiger partial charge is 0.381 e. The maximum Gasteiger partial charge on any atom is 0.228 e. The maximum atomic E-state index is 12.5. The topological polar surface area (TPSA) is 32.8 Å². The predicted octanol–water partition coefficient (Wildman–Crippen LogP) is 2.07. The number of aryl methyl sites for hydroxylation is 1. The molecule has 1 aromatic carbocycles. The maximum absolute atomic E-state index is 12.5. The van der Waals surface area contributed by atoms with Crippen molar-refractivity contribution in [1.29, 1.82) is 0 Å². The number of amides is 1. The van der Waals surface area contributed by atoms with E-state index >= 15 is 0 Å². The van der Waals surface area contributed by atoms with Crippen molar-refractivity contribution in [2.75, 3.05) is 44.3 Å². The summed E-state index contributed by atoms with van der Waals surface area (Å²) >= 11 is 0. The van der Waals surface area contributed by atoms with Crippen LogP contribution in [0.1, 0.15) is 18.4 Å². The lowest BCUT2D eigenvalue weighted by Gasteiger charge is -2.38. The van der Waals surface area contributed by atoms with Crippen molar-refractivity contribution in [3.63, 3.8) is 0 Å². The highest BCUT2D eigenvalue weighted by Crippen LogP contribution is 2.20. The molecule has 1 atom stereocenters. The third-order valence-electron chi connectivity index (χ3n) is 4.47. The minimum Gasteiger partial charge on any atom is -0.381 e. The van der Waals surface area contributed by atoms with Crippen LogP contribution in [0.5, 0.6) is 0 Å². The van der Waals surface area contributed by atoms with E-state index in [9.17, 15) is 4.79 Å². The summed E-state index contributed by atoms with van der Waals surface area (Å²) in [7, 11) is 0. The van der Waals surface area contributed by atoms with Crippen molar-refractivity contribution in [1.82, 2.24) is 4.90 Å². The number of rotatable bonds is 2. The summed E-state index contributed by atoms with van der Waals surface area (Å²) in [4.78, 5) is 16.9. The van der Waals surface area contributed by atoms with Gasteiger partial charge in [-0.25, -0.2) is 0 Å². The number of ether oxygens (including phenoxy) is 1. The van der Waals surface area contributed by atoms with E-state index in [4.69, 9.17) is 4.74 Å². The molecule has 0 spiro atoms. The molecule has 1 aromatic rings. The fraction of sp³-hybridized carbons (Fsp3) is 0.588.